The third-order valence-electron chi connectivity index (χ3n) is 6.54. The van der Waals surface area contributed by atoms with Crippen LogP contribution >= 0.6 is 0 Å². The van der Waals surface area contributed by atoms with Crippen molar-refractivity contribution in [2.24, 2.45) is 0 Å². The number of nitrogens with zero attached hydrogens (tertiary/aromatic N) is 1. The Morgan fingerprint density at radius 3 is 2.39 bits per heavy atom. The first kappa shape index (κ1) is 21.2. The molecule has 0 fully saturated rings. The highest BCUT2D eigenvalue weighted by Gasteiger charge is 2.39. The maximum Gasteiger partial charge on any atom is 0.258 e. The number of amides is 1. The van der Waals surface area contributed by atoms with Crippen molar-refractivity contribution >= 4 is 5.91 Å². The maximum atomic E-state index is 13.6. The van der Waals surface area contributed by atoms with Gasteiger partial charge in [-0.05, 0) is 53.3 Å². The predicted octanol–water partition coefficient (Wildman–Crippen LogP) is 4.59. The molecule has 3 aromatic carbocycles. The topological polar surface area (TPSA) is 57.2 Å². The van der Waals surface area contributed by atoms with Gasteiger partial charge >= 0.3 is 0 Å². The van der Waals surface area contributed by atoms with Gasteiger partial charge in [-0.1, -0.05) is 36.4 Å². The average molecular weight is 446 g/mol. The van der Waals surface area contributed by atoms with Crippen LogP contribution in [0, 0.1) is 0 Å². The SMILES string of the molecule is COc1cc2c(cc1OCc1ccccc1)C1Cc3ccc(OC)c(OC)c3C(=O)N1CC2. The molecule has 0 aromatic heterocycles. The van der Waals surface area contributed by atoms with E-state index < -0.39 is 0 Å². The summed E-state index contributed by atoms with van der Waals surface area (Å²) in [5, 5.41) is 0. The number of fused-ring (bicyclic) bond motifs is 4. The maximum absolute atomic E-state index is 13.6. The summed E-state index contributed by atoms with van der Waals surface area (Å²) < 4.78 is 22.8. The zero-order valence-corrected chi connectivity index (χ0v) is 19.1. The van der Waals surface area contributed by atoms with Crippen LogP contribution in [0.15, 0.2) is 54.6 Å². The molecule has 6 nitrogen and oxygen atoms in total. The van der Waals surface area contributed by atoms with Crippen molar-refractivity contribution in [1.82, 2.24) is 4.90 Å². The highest BCUT2D eigenvalue weighted by Crippen LogP contribution is 2.45. The second-order valence-electron chi connectivity index (χ2n) is 8.28. The van der Waals surface area contributed by atoms with E-state index in [9.17, 15) is 4.79 Å². The molecule has 5 rings (SSSR count). The van der Waals surface area contributed by atoms with Gasteiger partial charge in [0, 0.05) is 6.54 Å². The lowest BCUT2D eigenvalue weighted by Gasteiger charge is -2.41. The number of rotatable bonds is 6. The number of carbonyl (C=O) groups is 1. The van der Waals surface area contributed by atoms with Crippen LogP contribution in [0.1, 0.15) is 38.7 Å². The molecule has 0 saturated heterocycles. The first-order chi connectivity index (χ1) is 16.1. The monoisotopic (exact) mass is 445 g/mol. The molecule has 0 N–H and O–H groups in total. The van der Waals surface area contributed by atoms with E-state index in [0.29, 0.717) is 48.1 Å². The largest absolute Gasteiger partial charge is 0.493 e. The van der Waals surface area contributed by atoms with E-state index >= 15 is 0 Å². The minimum atomic E-state index is -0.0585. The quantitative estimate of drug-likeness (QED) is 0.556. The van der Waals surface area contributed by atoms with Crippen LogP contribution < -0.4 is 18.9 Å². The fourth-order valence-electron chi connectivity index (χ4n) is 4.90. The fourth-order valence-corrected chi connectivity index (χ4v) is 4.90. The molecule has 1 unspecified atom stereocenters. The molecule has 0 saturated carbocycles. The summed E-state index contributed by atoms with van der Waals surface area (Å²) in [6, 6.07) is 17.9. The Kier molecular flexibility index (Phi) is 5.58. The first-order valence-corrected chi connectivity index (χ1v) is 11.1. The van der Waals surface area contributed by atoms with E-state index in [4.69, 9.17) is 18.9 Å². The van der Waals surface area contributed by atoms with Crippen LogP contribution in [-0.2, 0) is 19.4 Å². The molecule has 33 heavy (non-hydrogen) atoms. The van der Waals surface area contributed by atoms with Gasteiger partial charge in [-0.3, -0.25) is 4.79 Å². The second-order valence-corrected chi connectivity index (χ2v) is 8.28. The molecular formula is C27H27NO5. The van der Waals surface area contributed by atoms with Crippen molar-refractivity contribution in [3.8, 4) is 23.0 Å². The van der Waals surface area contributed by atoms with Crippen molar-refractivity contribution in [3.63, 3.8) is 0 Å². The lowest BCUT2D eigenvalue weighted by Crippen LogP contribution is -2.44. The molecule has 2 heterocycles. The Labute approximate surface area is 193 Å². The molecule has 1 amide bonds. The van der Waals surface area contributed by atoms with Crippen LogP contribution in [0.25, 0.3) is 0 Å². The summed E-state index contributed by atoms with van der Waals surface area (Å²) >= 11 is 0. The highest BCUT2D eigenvalue weighted by atomic mass is 16.5. The normalized spacial score (nSPS) is 16.4. The summed E-state index contributed by atoms with van der Waals surface area (Å²) in [4.78, 5) is 15.5. The zero-order valence-electron chi connectivity index (χ0n) is 19.1. The Balaban J connectivity index is 1.52. The Morgan fingerprint density at radius 1 is 0.879 bits per heavy atom. The van der Waals surface area contributed by atoms with E-state index in [0.717, 1.165) is 23.1 Å². The molecule has 0 spiro atoms. The highest BCUT2D eigenvalue weighted by molar-refractivity contribution is 6.01. The van der Waals surface area contributed by atoms with Gasteiger partial charge in [0.15, 0.2) is 23.0 Å². The number of ether oxygens (including phenoxy) is 4. The third-order valence-corrected chi connectivity index (χ3v) is 6.54. The van der Waals surface area contributed by atoms with Crippen molar-refractivity contribution in [2.45, 2.75) is 25.5 Å². The molecule has 0 aliphatic carbocycles. The van der Waals surface area contributed by atoms with Gasteiger partial charge in [0.25, 0.3) is 5.91 Å². The fraction of sp³-hybridized carbons (Fsp3) is 0.296. The summed E-state index contributed by atoms with van der Waals surface area (Å²) in [6.07, 6.45) is 1.47. The van der Waals surface area contributed by atoms with Crippen molar-refractivity contribution in [2.75, 3.05) is 27.9 Å². The van der Waals surface area contributed by atoms with Gasteiger partial charge in [0.2, 0.25) is 0 Å². The standard InChI is InChI=1S/C27H27NO5/c1-30-22-10-9-19-13-21-20-15-24(33-16-17-7-5-4-6-8-17)23(31-2)14-18(20)11-12-28(21)27(29)25(19)26(22)32-3/h4-10,14-15,21H,11-13,16H2,1-3H3. The molecule has 1 atom stereocenters. The smallest absolute Gasteiger partial charge is 0.258 e. The molecule has 2 aliphatic heterocycles. The molecule has 170 valence electrons. The number of carbonyl (C=O) groups excluding carboxylic acids is 1. The van der Waals surface area contributed by atoms with Crippen molar-refractivity contribution in [3.05, 3.63) is 82.4 Å². The zero-order chi connectivity index (χ0) is 22.9. The number of methoxy groups -OCH3 is 3. The molecule has 3 aromatic rings. The molecular weight excluding hydrogens is 418 g/mol. The Hall–Kier alpha value is -3.67. The van der Waals surface area contributed by atoms with E-state index in [-0.39, 0.29) is 11.9 Å². The van der Waals surface area contributed by atoms with Gasteiger partial charge in [0.1, 0.15) is 6.61 Å². The number of hydrogen-bond donors (Lipinski definition) is 0. The summed E-state index contributed by atoms with van der Waals surface area (Å²) in [7, 11) is 4.82. The van der Waals surface area contributed by atoms with E-state index in [1.807, 2.05) is 53.4 Å². The molecule has 0 radical (unpaired) electrons. The van der Waals surface area contributed by atoms with E-state index in [1.165, 1.54) is 5.56 Å². The van der Waals surface area contributed by atoms with E-state index in [1.54, 1.807) is 21.3 Å². The predicted molar refractivity (Wildman–Crippen MR) is 124 cm³/mol. The number of hydrogen-bond acceptors (Lipinski definition) is 5. The third kappa shape index (κ3) is 3.65. The summed E-state index contributed by atoms with van der Waals surface area (Å²) in [5.41, 5.74) is 4.96. The van der Waals surface area contributed by atoms with Crippen molar-refractivity contribution in [1.29, 1.82) is 0 Å². The van der Waals surface area contributed by atoms with Crippen LogP contribution in [0.4, 0.5) is 0 Å². The van der Waals surface area contributed by atoms with Gasteiger partial charge in [-0.2, -0.15) is 0 Å². The van der Waals surface area contributed by atoms with Gasteiger partial charge < -0.3 is 23.8 Å². The van der Waals surface area contributed by atoms with Gasteiger partial charge in [-0.15, -0.1) is 0 Å². The molecule has 0 bridgehead atoms. The molecule has 2 aliphatic rings. The molecule has 6 heteroatoms. The first-order valence-electron chi connectivity index (χ1n) is 11.1. The number of benzene rings is 3. The van der Waals surface area contributed by atoms with Crippen LogP contribution in [0.3, 0.4) is 0 Å². The van der Waals surface area contributed by atoms with Gasteiger partial charge in [0.05, 0.1) is 32.9 Å². The van der Waals surface area contributed by atoms with Crippen molar-refractivity contribution < 1.29 is 23.7 Å². The summed E-state index contributed by atoms with van der Waals surface area (Å²) in [5.74, 6) is 2.46. The van der Waals surface area contributed by atoms with Gasteiger partial charge in [-0.25, -0.2) is 0 Å². The minimum Gasteiger partial charge on any atom is -0.493 e. The Morgan fingerprint density at radius 2 is 1.67 bits per heavy atom. The van der Waals surface area contributed by atoms with Crippen LogP contribution in [-0.4, -0.2) is 38.7 Å². The minimum absolute atomic E-state index is 0.0229. The van der Waals surface area contributed by atoms with Crippen LogP contribution in [0.2, 0.25) is 0 Å². The Bertz CT molecular complexity index is 1190. The van der Waals surface area contributed by atoms with Crippen LogP contribution in [0.5, 0.6) is 23.0 Å². The average Bonchev–Trinajstić information content (AvgIpc) is 2.86. The second kappa shape index (κ2) is 8.70. The lowest BCUT2D eigenvalue weighted by atomic mass is 9.83. The lowest BCUT2D eigenvalue weighted by molar-refractivity contribution is 0.0626. The summed E-state index contributed by atoms with van der Waals surface area (Å²) in [6.45, 7) is 1.09. The van der Waals surface area contributed by atoms with E-state index in [2.05, 4.69) is 6.07 Å².